The van der Waals surface area contributed by atoms with Crippen molar-refractivity contribution >= 4 is 0 Å². The summed E-state index contributed by atoms with van der Waals surface area (Å²) in [5.41, 5.74) is 4.49. The van der Waals surface area contributed by atoms with Crippen LogP contribution < -0.4 is 5.73 Å². The molecule has 1 rings (SSSR count). The molecule has 0 spiro atoms. The van der Waals surface area contributed by atoms with Crippen molar-refractivity contribution in [1.82, 2.24) is 9.78 Å². The van der Waals surface area contributed by atoms with Crippen LogP contribution >= 0.6 is 0 Å². The zero-order valence-electron chi connectivity index (χ0n) is 7.70. The van der Waals surface area contributed by atoms with E-state index in [1.165, 1.54) is 0 Å². The third kappa shape index (κ3) is 3.25. The highest BCUT2D eigenvalue weighted by Crippen LogP contribution is 2.28. The molecule has 0 radical (unpaired) electrons. The third-order valence-corrected chi connectivity index (χ3v) is 1.80. The zero-order chi connectivity index (χ0) is 11.5. The summed E-state index contributed by atoms with van der Waals surface area (Å²) in [4.78, 5) is 0. The van der Waals surface area contributed by atoms with Crippen molar-refractivity contribution in [2.45, 2.75) is 25.2 Å². The van der Waals surface area contributed by atoms with Crippen LogP contribution in [-0.4, -0.2) is 15.8 Å². The monoisotopic (exact) mass is 218 g/mol. The Kier molecular flexibility index (Phi) is 3.31. The highest BCUT2D eigenvalue weighted by molar-refractivity contribution is 5.08. The number of halogens is 3. The number of alkyl halides is 3. The van der Waals surface area contributed by atoms with E-state index in [9.17, 15) is 13.2 Å². The molecule has 4 nitrogen and oxygen atoms in total. The molecule has 1 unspecified atom stereocenters. The third-order valence-electron chi connectivity index (χ3n) is 1.80. The van der Waals surface area contributed by atoms with E-state index in [0.717, 1.165) is 17.1 Å². The maximum absolute atomic E-state index is 12.1. The van der Waals surface area contributed by atoms with Crippen molar-refractivity contribution < 1.29 is 13.2 Å². The number of aryl methyl sites for hydroxylation is 1. The number of rotatable bonds is 3. The Labute approximate surface area is 84.1 Å². The molecule has 0 aromatic carbocycles. The number of aromatic nitrogens is 2. The standard InChI is InChI=1S/C8H9F3N4/c9-8(10,11)6-4-14-15(5-6)2-1-7(13)3-12/h4-5,7H,1-2,13H2. The summed E-state index contributed by atoms with van der Waals surface area (Å²) in [5, 5.41) is 11.9. The first-order chi connectivity index (χ1) is 6.93. The van der Waals surface area contributed by atoms with E-state index in [1.54, 1.807) is 6.07 Å². The van der Waals surface area contributed by atoms with Crippen LogP contribution in [0, 0.1) is 11.3 Å². The largest absolute Gasteiger partial charge is 0.419 e. The van der Waals surface area contributed by atoms with E-state index in [1.807, 2.05) is 0 Å². The van der Waals surface area contributed by atoms with E-state index < -0.39 is 17.8 Å². The van der Waals surface area contributed by atoms with Crippen molar-refractivity contribution in [2.24, 2.45) is 5.73 Å². The van der Waals surface area contributed by atoms with Crippen LogP contribution in [-0.2, 0) is 12.7 Å². The molecule has 15 heavy (non-hydrogen) atoms. The van der Waals surface area contributed by atoms with Gasteiger partial charge >= 0.3 is 6.18 Å². The van der Waals surface area contributed by atoms with Gasteiger partial charge in [0.05, 0.1) is 23.9 Å². The van der Waals surface area contributed by atoms with E-state index in [0.29, 0.717) is 0 Å². The minimum atomic E-state index is -4.38. The Morgan fingerprint density at radius 2 is 2.27 bits per heavy atom. The molecule has 7 heteroatoms. The van der Waals surface area contributed by atoms with Gasteiger partial charge in [0.1, 0.15) is 0 Å². The summed E-state index contributed by atoms with van der Waals surface area (Å²) < 4.78 is 37.5. The van der Waals surface area contributed by atoms with Crippen LogP contribution in [0.3, 0.4) is 0 Å². The summed E-state index contributed by atoms with van der Waals surface area (Å²) >= 11 is 0. The van der Waals surface area contributed by atoms with Gasteiger partial charge in [-0.05, 0) is 6.42 Å². The smallest absolute Gasteiger partial charge is 0.316 e. The van der Waals surface area contributed by atoms with E-state index >= 15 is 0 Å². The minimum absolute atomic E-state index is 0.199. The van der Waals surface area contributed by atoms with E-state index in [2.05, 4.69) is 5.10 Å². The fourth-order valence-corrected chi connectivity index (χ4v) is 0.968. The molecule has 0 aliphatic carbocycles. The molecule has 0 aliphatic heterocycles. The lowest BCUT2D eigenvalue weighted by atomic mass is 10.2. The SMILES string of the molecule is N#CC(N)CCn1cc(C(F)(F)F)cn1. The van der Waals surface area contributed by atoms with Crippen molar-refractivity contribution in [3.63, 3.8) is 0 Å². The second kappa shape index (κ2) is 4.31. The second-order valence-electron chi connectivity index (χ2n) is 3.01. The predicted molar refractivity (Wildman–Crippen MR) is 45.4 cm³/mol. The van der Waals surface area contributed by atoms with Gasteiger partial charge in [-0.1, -0.05) is 0 Å². The molecule has 1 heterocycles. The van der Waals surface area contributed by atoms with Crippen molar-refractivity contribution in [3.8, 4) is 6.07 Å². The van der Waals surface area contributed by atoms with Crippen LogP contribution in [0.5, 0.6) is 0 Å². The molecule has 82 valence electrons. The lowest BCUT2D eigenvalue weighted by molar-refractivity contribution is -0.137. The quantitative estimate of drug-likeness (QED) is 0.827. The fourth-order valence-electron chi connectivity index (χ4n) is 0.968. The summed E-state index contributed by atoms with van der Waals surface area (Å²) in [6.07, 6.45) is -2.47. The molecule has 2 N–H and O–H groups in total. The number of hydrogen-bond donors (Lipinski definition) is 1. The molecule has 0 amide bonds. The molecule has 0 bridgehead atoms. The lowest BCUT2D eigenvalue weighted by Crippen LogP contribution is -2.19. The molecule has 0 fully saturated rings. The zero-order valence-corrected chi connectivity index (χ0v) is 7.70. The molecule has 1 atom stereocenters. The van der Waals surface area contributed by atoms with Crippen LogP contribution in [0.1, 0.15) is 12.0 Å². The molecule has 0 saturated heterocycles. The average molecular weight is 218 g/mol. The normalized spacial score (nSPS) is 13.5. The molecule has 0 saturated carbocycles. The predicted octanol–water partition coefficient (Wildman–Crippen LogP) is 1.14. The number of hydrogen-bond acceptors (Lipinski definition) is 3. The van der Waals surface area contributed by atoms with E-state index in [4.69, 9.17) is 11.0 Å². The second-order valence-corrected chi connectivity index (χ2v) is 3.01. The Morgan fingerprint density at radius 3 is 2.73 bits per heavy atom. The highest BCUT2D eigenvalue weighted by atomic mass is 19.4. The Bertz CT molecular complexity index is 363. The first-order valence-corrected chi connectivity index (χ1v) is 4.18. The molecule has 0 aliphatic rings. The average Bonchev–Trinajstić information content (AvgIpc) is 2.61. The first kappa shape index (κ1) is 11.5. The molecular weight excluding hydrogens is 209 g/mol. The molecular formula is C8H9F3N4. The minimum Gasteiger partial charge on any atom is -0.316 e. The number of nitriles is 1. The lowest BCUT2D eigenvalue weighted by Gasteiger charge is -2.03. The Morgan fingerprint density at radius 1 is 1.60 bits per heavy atom. The van der Waals surface area contributed by atoms with Crippen LogP contribution in [0.2, 0.25) is 0 Å². The van der Waals surface area contributed by atoms with Gasteiger partial charge in [-0.15, -0.1) is 0 Å². The van der Waals surface area contributed by atoms with Gasteiger partial charge in [-0.2, -0.15) is 23.5 Å². The van der Waals surface area contributed by atoms with Gasteiger partial charge in [0.2, 0.25) is 0 Å². The molecule has 1 aromatic heterocycles. The highest BCUT2D eigenvalue weighted by Gasteiger charge is 2.32. The van der Waals surface area contributed by atoms with Crippen molar-refractivity contribution in [2.75, 3.05) is 0 Å². The maximum atomic E-state index is 12.1. The Hall–Kier alpha value is -1.55. The molecule has 1 aromatic rings. The van der Waals surface area contributed by atoms with E-state index in [-0.39, 0.29) is 13.0 Å². The maximum Gasteiger partial charge on any atom is 0.419 e. The summed E-state index contributed by atoms with van der Waals surface area (Å²) in [6.45, 7) is 0.199. The topological polar surface area (TPSA) is 67.6 Å². The van der Waals surface area contributed by atoms with Crippen molar-refractivity contribution in [3.05, 3.63) is 18.0 Å². The summed E-state index contributed by atoms with van der Waals surface area (Å²) in [7, 11) is 0. The number of nitrogens with two attached hydrogens (primary N) is 1. The van der Waals surface area contributed by atoms with Gasteiger partial charge < -0.3 is 5.73 Å². The Balaban J connectivity index is 2.59. The van der Waals surface area contributed by atoms with Crippen molar-refractivity contribution in [1.29, 1.82) is 5.26 Å². The van der Waals surface area contributed by atoms with Crippen LogP contribution in [0.15, 0.2) is 12.4 Å². The van der Waals surface area contributed by atoms with Gasteiger partial charge in [0.15, 0.2) is 0 Å². The summed E-state index contributed by atoms with van der Waals surface area (Å²) in [6, 6.07) is 1.11. The fraction of sp³-hybridized carbons (Fsp3) is 0.500. The first-order valence-electron chi connectivity index (χ1n) is 4.18. The van der Waals surface area contributed by atoms with Crippen LogP contribution in [0.4, 0.5) is 13.2 Å². The number of nitrogens with zero attached hydrogens (tertiary/aromatic N) is 3. The van der Waals surface area contributed by atoms with Crippen LogP contribution in [0.25, 0.3) is 0 Å². The summed E-state index contributed by atoms with van der Waals surface area (Å²) in [5.74, 6) is 0. The van der Waals surface area contributed by atoms with Gasteiger partial charge in [-0.3, -0.25) is 4.68 Å². The van der Waals surface area contributed by atoms with Gasteiger partial charge in [-0.25, -0.2) is 0 Å². The van der Waals surface area contributed by atoms with Gasteiger partial charge in [0.25, 0.3) is 0 Å². The van der Waals surface area contributed by atoms with Gasteiger partial charge in [0, 0.05) is 12.7 Å².